The first-order chi connectivity index (χ1) is 8.91. The Labute approximate surface area is 113 Å². The first-order valence-corrected chi connectivity index (χ1v) is 6.69. The van der Waals surface area contributed by atoms with Crippen LogP contribution in [0.5, 0.6) is 0 Å². The molecule has 5 nitrogen and oxygen atoms in total. The molecule has 5 heteroatoms. The number of anilines is 1. The molecule has 0 bridgehead atoms. The molecule has 0 aliphatic carbocycles. The van der Waals surface area contributed by atoms with Gasteiger partial charge < -0.3 is 15.7 Å². The number of nitrogens with two attached hydrogens (primary N) is 1. The Morgan fingerprint density at radius 3 is 2.95 bits per heavy atom. The third-order valence-corrected chi connectivity index (χ3v) is 3.47. The van der Waals surface area contributed by atoms with Crippen molar-refractivity contribution in [3.63, 3.8) is 0 Å². The molecule has 1 aromatic rings. The van der Waals surface area contributed by atoms with Crippen molar-refractivity contribution < 1.29 is 9.90 Å². The molecular formula is C14H21N3O2. The maximum Gasteiger partial charge on any atom is 0.254 e. The molecule has 3 N–H and O–H groups in total. The fourth-order valence-electron chi connectivity index (χ4n) is 2.49. The number of carbonyl (C=O) groups excluding carboxylic acids is 1. The number of β-amino-alcohol motifs (C(OH)–C–C–N with tert-alkyl or cyclic N) is 1. The molecule has 1 aliphatic heterocycles. The first kappa shape index (κ1) is 13.8. The van der Waals surface area contributed by atoms with Crippen LogP contribution in [0.2, 0.25) is 0 Å². The summed E-state index contributed by atoms with van der Waals surface area (Å²) in [6.07, 6.45) is 2.29. The predicted octanol–water partition coefficient (Wildman–Crippen LogP) is 1.21. The fourth-order valence-corrected chi connectivity index (χ4v) is 2.49. The molecule has 1 atom stereocenters. The molecule has 2 heterocycles. The van der Waals surface area contributed by atoms with Crippen LogP contribution < -0.4 is 5.73 Å². The number of hydrogen-bond donors (Lipinski definition) is 2. The number of carbonyl (C=O) groups is 1. The Balaban J connectivity index is 2.21. The van der Waals surface area contributed by atoms with Gasteiger partial charge in [-0.2, -0.15) is 0 Å². The van der Waals surface area contributed by atoms with E-state index in [0.29, 0.717) is 24.5 Å². The molecule has 0 radical (unpaired) electrons. The monoisotopic (exact) mass is 263 g/mol. The van der Waals surface area contributed by atoms with Gasteiger partial charge in [0.25, 0.3) is 5.91 Å². The highest BCUT2D eigenvalue weighted by atomic mass is 16.3. The number of likely N-dealkylation sites (tertiary alicyclic amines) is 1. The van der Waals surface area contributed by atoms with Crippen molar-refractivity contribution in [1.29, 1.82) is 0 Å². The highest BCUT2D eigenvalue weighted by Gasteiger charge is 2.31. The van der Waals surface area contributed by atoms with Gasteiger partial charge in [-0.25, -0.2) is 4.98 Å². The number of amides is 1. The summed E-state index contributed by atoms with van der Waals surface area (Å²) in [5, 5.41) is 10.1. The van der Waals surface area contributed by atoms with Crippen molar-refractivity contribution in [2.45, 2.75) is 38.7 Å². The molecule has 1 fully saturated rings. The van der Waals surface area contributed by atoms with Crippen molar-refractivity contribution in [3.05, 3.63) is 23.4 Å². The van der Waals surface area contributed by atoms with Crippen molar-refractivity contribution in [3.8, 4) is 0 Å². The maximum absolute atomic E-state index is 12.4. The molecule has 0 aromatic carbocycles. The number of aliphatic hydroxyl groups is 1. The molecule has 1 aromatic heterocycles. The number of rotatable bonds is 2. The van der Waals surface area contributed by atoms with Gasteiger partial charge in [0, 0.05) is 24.3 Å². The molecule has 104 valence electrons. The minimum Gasteiger partial charge on any atom is -0.388 e. The standard InChI is InChI=1S/C14H21N3O2/c1-3-11-7-10(8-12(15)16-11)13(18)17-6-4-5-14(2,19)9-17/h7-8,19H,3-6,9H2,1-2H3,(H2,15,16). The van der Waals surface area contributed by atoms with Crippen molar-refractivity contribution in [2.75, 3.05) is 18.8 Å². The van der Waals surface area contributed by atoms with Crippen LogP contribution in [0, 0.1) is 0 Å². The zero-order chi connectivity index (χ0) is 14.0. The summed E-state index contributed by atoms with van der Waals surface area (Å²) in [6.45, 7) is 4.79. The van der Waals surface area contributed by atoms with E-state index < -0.39 is 5.60 Å². The summed E-state index contributed by atoms with van der Waals surface area (Å²) < 4.78 is 0. The van der Waals surface area contributed by atoms with Gasteiger partial charge in [-0.15, -0.1) is 0 Å². The van der Waals surface area contributed by atoms with Crippen LogP contribution >= 0.6 is 0 Å². The van der Waals surface area contributed by atoms with Crippen molar-refractivity contribution in [1.82, 2.24) is 9.88 Å². The number of piperidine rings is 1. The molecule has 0 spiro atoms. The number of nitrogen functional groups attached to an aromatic ring is 1. The van der Waals surface area contributed by atoms with Crippen LogP contribution in [0.4, 0.5) is 5.82 Å². The van der Waals surface area contributed by atoms with Crippen LogP contribution in [-0.4, -0.2) is 39.6 Å². The fraction of sp³-hybridized carbons (Fsp3) is 0.571. The quantitative estimate of drug-likeness (QED) is 0.840. The SMILES string of the molecule is CCc1cc(C(=O)N2CCCC(C)(O)C2)cc(N)n1. The number of aryl methyl sites for hydroxylation is 1. The first-order valence-electron chi connectivity index (χ1n) is 6.69. The molecule has 2 rings (SSSR count). The van der Waals surface area contributed by atoms with Gasteiger partial charge in [0.1, 0.15) is 5.82 Å². The Morgan fingerprint density at radius 1 is 1.58 bits per heavy atom. The number of nitrogens with zero attached hydrogens (tertiary/aromatic N) is 2. The Hall–Kier alpha value is -1.62. The normalized spacial score (nSPS) is 23.4. The molecule has 1 amide bonds. The predicted molar refractivity (Wildman–Crippen MR) is 73.8 cm³/mol. The van der Waals surface area contributed by atoms with E-state index in [1.165, 1.54) is 0 Å². The minimum absolute atomic E-state index is 0.0798. The summed E-state index contributed by atoms with van der Waals surface area (Å²) in [4.78, 5) is 18.3. The maximum atomic E-state index is 12.4. The molecule has 19 heavy (non-hydrogen) atoms. The van der Waals surface area contributed by atoms with Gasteiger partial charge in [-0.3, -0.25) is 4.79 Å². The Kier molecular flexibility index (Phi) is 3.75. The smallest absolute Gasteiger partial charge is 0.254 e. The van der Waals surface area contributed by atoms with Crippen LogP contribution in [-0.2, 0) is 6.42 Å². The van der Waals surface area contributed by atoms with E-state index in [4.69, 9.17) is 5.73 Å². The third-order valence-electron chi connectivity index (χ3n) is 3.47. The summed E-state index contributed by atoms with van der Waals surface area (Å²) in [5.41, 5.74) is 6.30. The number of aromatic nitrogens is 1. The van der Waals surface area contributed by atoms with Gasteiger partial charge in [0.15, 0.2) is 0 Å². The van der Waals surface area contributed by atoms with Crippen LogP contribution in [0.25, 0.3) is 0 Å². The van der Waals surface area contributed by atoms with Crippen LogP contribution in [0.1, 0.15) is 42.7 Å². The van der Waals surface area contributed by atoms with Gasteiger partial charge in [0.05, 0.1) is 5.60 Å². The second-order valence-electron chi connectivity index (χ2n) is 5.45. The highest BCUT2D eigenvalue weighted by Crippen LogP contribution is 2.22. The molecule has 1 aliphatic rings. The summed E-state index contributed by atoms with van der Waals surface area (Å²) >= 11 is 0. The van der Waals surface area contributed by atoms with E-state index in [2.05, 4.69) is 4.98 Å². The van der Waals surface area contributed by atoms with Gasteiger partial charge in [-0.1, -0.05) is 6.92 Å². The topological polar surface area (TPSA) is 79.5 Å². The summed E-state index contributed by atoms with van der Waals surface area (Å²) in [7, 11) is 0. The lowest BCUT2D eigenvalue weighted by Gasteiger charge is -2.36. The molecule has 1 saturated heterocycles. The van der Waals surface area contributed by atoms with E-state index in [1.807, 2.05) is 6.92 Å². The zero-order valence-electron chi connectivity index (χ0n) is 11.5. The molecule has 0 saturated carbocycles. The van der Waals surface area contributed by atoms with E-state index in [0.717, 1.165) is 25.0 Å². The second-order valence-corrected chi connectivity index (χ2v) is 5.45. The van der Waals surface area contributed by atoms with E-state index >= 15 is 0 Å². The van der Waals surface area contributed by atoms with Crippen LogP contribution in [0.3, 0.4) is 0 Å². The van der Waals surface area contributed by atoms with Crippen LogP contribution in [0.15, 0.2) is 12.1 Å². The third kappa shape index (κ3) is 3.23. The highest BCUT2D eigenvalue weighted by molar-refractivity contribution is 5.95. The van der Waals surface area contributed by atoms with Crippen molar-refractivity contribution >= 4 is 11.7 Å². The molecular weight excluding hydrogens is 242 g/mol. The van der Waals surface area contributed by atoms with Gasteiger partial charge in [0.2, 0.25) is 0 Å². The number of hydrogen-bond acceptors (Lipinski definition) is 4. The Bertz CT molecular complexity index is 486. The lowest BCUT2D eigenvalue weighted by Crippen LogP contribution is -2.48. The van der Waals surface area contributed by atoms with E-state index in [9.17, 15) is 9.90 Å². The van der Waals surface area contributed by atoms with Gasteiger partial charge >= 0.3 is 0 Å². The van der Waals surface area contributed by atoms with Gasteiger partial charge in [-0.05, 0) is 38.3 Å². The molecule has 1 unspecified atom stereocenters. The lowest BCUT2D eigenvalue weighted by molar-refractivity contribution is -0.0107. The average molecular weight is 263 g/mol. The lowest BCUT2D eigenvalue weighted by atomic mass is 9.94. The van der Waals surface area contributed by atoms with E-state index in [-0.39, 0.29) is 5.91 Å². The largest absolute Gasteiger partial charge is 0.388 e. The summed E-state index contributed by atoms with van der Waals surface area (Å²) in [5.74, 6) is 0.287. The average Bonchev–Trinajstić information content (AvgIpc) is 2.35. The number of pyridine rings is 1. The zero-order valence-corrected chi connectivity index (χ0v) is 11.5. The second kappa shape index (κ2) is 5.17. The minimum atomic E-state index is -0.792. The Morgan fingerprint density at radius 2 is 2.32 bits per heavy atom. The van der Waals surface area contributed by atoms with Crippen molar-refractivity contribution in [2.24, 2.45) is 0 Å². The van der Waals surface area contributed by atoms with E-state index in [1.54, 1.807) is 24.0 Å². The summed E-state index contributed by atoms with van der Waals surface area (Å²) in [6, 6.07) is 3.38.